The van der Waals surface area contributed by atoms with E-state index in [-0.39, 0.29) is 29.5 Å². The molecule has 33 heavy (non-hydrogen) atoms. The van der Waals surface area contributed by atoms with Crippen molar-refractivity contribution in [3.63, 3.8) is 0 Å². The van der Waals surface area contributed by atoms with Crippen LogP contribution in [0.15, 0.2) is 59.5 Å². The van der Waals surface area contributed by atoms with Crippen LogP contribution in [0, 0.1) is 0 Å². The summed E-state index contributed by atoms with van der Waals surface area (Å²) in [6.45, 7) is 2.75. The summed E-state index contributed by atoms with van der Waals surface area (Å²) in [7, 11) is -2.74. The van der Waals surface area contributed by atoms with Crippen molar-refractivity contribution in [3.05, 3.63) is 60.2 Å². The van der Waals surface area contributed by atoms with Gasteiger partial charge in [-0.3, -0.25) is 14.4 Å². The summed E-state index contributed by atoms with van der Waals surface area (Å²) >= 11 is 0. The molecule has 0 bridgehead atoms. The lowest BCUT2D eigenvalue weighted by atomic mass is 10.2. The van der Waals surface area contributed by atoms with E-state index < -0.39 is 27.0 Å². The third-order valence-electron chi connectivity index (χ3n) is 5.47. The summed E-state index contributed by atoms with van der Waals surface area (Å²) in [6.07, 6.45) is 0.358. The molecule has 1 saturated heterocycles. The number of sulfone groups is 1. The normalized spacial score (nSPS) is 15.0. The molecule has 1 heterocycles. The lowest BCUT2D eigenvalue weighted by molar-refractivity contribution is -0.139. The number of nitrogens with zero attached hydrogens (tertiary/aromatic N) is 2. The molecule has 1 aliphatic rings. The molecule has 0 aliphatic carbocycles. The zero-order valence-electron chi connectivity index (χ0n) is 18.6. The lowest BCUT2D eigenvalue weighted by Crippen LogP contribution is -2.57. The quantitative estimate of drug-likeness (QED) is 0.649. The predicted molar refractivity (Wildman–Crippen MR) is 121 cm³/mol. The highest BCUT2D eigenvalue weighted by Gasteiger charge is 2.39. The minimum atomic E-state index is -4.23. The summed E-state index contributed by atoms with van der Waals surface area (Å²) in [4.78, 5) is 41.1. The van der Waals surface area contributed by atoms with Crippen LogP contribution < -0.4 is 10.1 Å². The average molecular weight is 474 g/mol. The van der Waals surface area contributed by atoms with Gasteiger partial charge in [-0.05, 0) is 36.4 Å². The van der Waals surface area contributed by atoms with Crippen LogP contribution in [0.25, 0.3) is 0 Å². The van der Waals surface area contributed by atoms with Crippen LogP contribution in [0.2, 0.25) is 0 Å². The smallest absolute Gasteiger partial charge is 0.261 e. The molecule has 9 nitrogen and oxygen atoms in total. The third-order valence-corrected chi connectivity index (χ3v) is 7.34. The molecule has 1 N–H and O–H groups in total. The van der Waals surface area contributed by atoms with Crippen molar-refractivity contribution in [1.29, 1.82) is 0 Å². The topological polar surface area (TPSA) is 113 Å². The van der Waals surface area contributed by atoms with Crippen LogP contribution in [0.3, 0.4) is 0 Å². The Bertz CT molecular complexity index is 1090. The Balaban J connectivity index is 1.86. The number of methoxy groups -OCH3 is 1. The first-order chi connectivity index (χ1) is 15.8. The zero-order chi connectivity index (χ0) is 24.0. The van der Waals surface area contributed by atoms with E-state index in [4.69, 9.17) is 4.74 Å². The lowest BCUT2D eigenvalue weighted by Gasteiger charge is -2.36. The number of ether oxygens (including phenoxy) is 1. The Labute approximate surface area is 193 Å². The molecule has 0 unspecified atom stereocenters. The van der Waals surface area contributed by atoms with Crippen molar-refractivity contribution in [2.75, 3.05) is 33.3 Å². The van der Waals surface area contributed by atoms with Crippen LogP contribution in [0.1, 0.15) is 23.7 Å². The van der Waals surface area contributed by atoms with Gasteiger partial charge in [0, 0.05) is 38.2 Å². The van der Waals surface area contributed by atoms with Crippen LogP contribution in [0.4, 0.5) is 0 Å². The van der Waals surface area contributed by atoms with Gasteiger partial charge < -0.3 is 19.9 Å². The molecule has 1 fully saturated rings. The second-order valence-electron chi connectivity index (χ2n) is 7.50. The minimum absolute atomic E-state index is 0.0247. The number of nitrogens with one attached hydrogen (secondary N) is 1. The number of benzene rings is 2. The van der Waals surface area contributed by atoms with E-state index >= 15 is 0 Å². The summed E-state index contributed by atoms with van der Waals surface area (Å²) in [6, 6.07) is 13.6. The highest BCUT2D eigenvalue weighted by Crippen LogP contribution is 2.19. The van der Waals surface area contributed by atoms with E-state index in [1.54, 1.807) is 42.2 Å². The van der Waals surface area contributed by atoms with Gasteiger partial charge in [-0.25, -0.2) is 8.42 Å². The van der Waals surface area contributed by atoms with Gasteiger partial charge in [0.25, 0.3) is 11.8 Å². The van der Waals surface area contributed by atoms with Gasteiger partial charge >= 0.3 is 0 Å². The summed E-state index contributed by atoms with van der Waals surface area (Å²) in [5, 5.41) is 0.609. The predicted octanol–water partition coefficient (Wildman–Crippen LogP) is 1.31. The number of amides is 3. The zero-order valence-corrected chi connectivity index (χ0v) is 19.4. The maximum absolute atomic E-state index is 13.4. The highest BCUT2D eigenvalue weighted by atomic mass is 32.2. The highest BCUT2D eigenvalue weighted by molar-refractivity contribution is 7.92. The monoisotopic (exact) mass is 473 g/mol. The number of hydrogen-bond donors (Lipinski definition) is 1. The van der Waals surface area contributed by atoms with Crippen LogP contribution >= 0.6 is 0 Å². The first-order valence-electron chi connectivity index (χ1n) is 10.6. The number of piperazine rings is 1. The fraction of sp³-hybridized carbons (Fsp3) is 0.348. The van der Waals surface area contributed by atoms with Gasteiger partial charge in [-0.2, -0.15) is 0 Å². The Morgan fingerprint density at radius 2 is 1.52 bits per heavy atom. The maximum atomic E-state index is 13.4. The number of carbonyl (C=O) groups excluding carboxylic acids is 3. The van der Waals surface area contributed by atoms with E-state index in [1.165, 1.54) is 36.3 Å². The Morgan fingerprint density at radius 3 is 2.06 bits per heavy atom. The van der Waals surface area contributed by atoms with Crippen molar-refractivity contribution in [2.45, 2.75) is 23.6 Å². The number of carbonyl (C=O) groups is 3. The molecule has 3 amide bonds. The number of rotatable bonds is 7. The molecule has 1 aliphatic heterocycles. The van der Waals surface area contributed by atoms with Crippen molar-refractivity contribution >= 4 is 27.6 Å². The van der Waals surface area contributed by atoms with Crippen molar-refractivity contribution in [2.24, 2.45) is 0 Å². The first-order valence-corrected chi connectivity index (χ1v) is 12.1. The minimum Gasteiger partial charge on any atom is -0.497 e. The fourth-order valence-electron chi connectivity index (χ4n) is 3.53. The molecule has 0 saturated carbocycles. The van der Waals surface area contributed by atoms with Gasteiger partial charge in [0.15, 0.2) is 0 Å². The first kappa shape index (κ1) is 24.2. The van der Waals surface area contributed by atoms with Gasteiger partial charge in [0.1, 0.15) is 5.75 Å². The third kappa shape index (κ3) is 5.51. The SMILES string of the molecule is CCC(=O)N1CCN(C(=O)[C@H](NC(=O)c2ccc(OC)cc2)S(=O)(=O)c2ccccc2)CC1. The van der Waals surface area contributed by atoms with E-state index in [0.717, 1.165) is 0 Å². The average Bonchev–Trinajstić information content (AvgIpc) is 2.86. The number of hydrogen-bond acceptors (Lipinski definition) is 6. The van der Waals surface area contributed by atoms with Gasteiger partial charge in [-0.1, -0.05) is 25.1 Å². The fourth-order valence-corrected chi connectivity index (χ4v) is 5.01. The molecule has 2 aromatic rings. The van der Waals surface area contributed by atoms with Crippen LogP contribution in [0.5, 0.6) is 5.75 Å². The largest absolute Gasteiger partial charge is 0.497 e. The standard InChI is InChI=1S/C23H27N3O6S/c1-3-20(27)25-13-15-26(16-14-25)23(29)22(33(30,31)19-7-5-4-6-8-19)24-21(28)17-9-11-18(32-2)12-10-17/h4-12,22H,3,13-16H2,1-2H3,(H,24,28)/t22-/m1/s1. The Morgan fingerprint density at radius 1 is 0.939 bits per heavy atom. The molecule has 0 radical (unpaired) electrons. The van der Waals surface area contributed by atoms with Crippen LogP contribution in [-0.4, -0.2) is 74.6 Å². The second kappa shape index (κ2) is 10.5. The van der Waals surface area contributed by atoms with Crippen molar-refractivity contribution < 1.29 is 27.5 Å². The van der Waals surface area contributed by atoms with Gasteiger partial charge in [0.2, 0.25) is 21.1 Å². The van der Waals surface area contributed by atoms with Crippen LogP contribution in [-0.2, 0) is 19.4 Å². The summed E-state index contributed by atoms with van der Waals surface area (Å²) < 4.78 is 31.8. The molecule has 0 spiro atoms. The molecule has 176 valence electrons. The van der Waals surface area contributed by atoms with Gasteiger partial charge in [-0.15, -0.1) is 0 Å². The van der Waals surface area contributed by atoms with Crippen molar-refractivity contribution in [3.8, 4) is 5.75 Å². The molecule has 2 aromatic carbocycles. The molecule has 0 aromatic heterocycles. The molecular formula is C23H27N3O6S. The van der Waals surface area contributed by atoms with E-state index in [2.05, 4.69) is 5.32 Å². The molecule has 10 heteroatoms. The Kier molecular flexibility index (Phi) is 7.70. The molecule has 3 rings (SSSR count). The summed E-state index contributed by atoms with van der Waals surface area (Å²) in [5.74, 6) is -0.918. The van der Waals surface area contributed by atoms with E-state index in [9.17, 15) is 22.8 Å². The van der Waals surface area contributed by atoms with E-state index in [0.29, 0.717) is 25.3 Å². The molecule has 1 atom stereocenters. The maximum Gasteiger partial charge on any atom is 0.261 e. The van der Waals surface area contributed by atoms with Crippen molar-refractivity contribution in [1.82, 2.24) is 15.1 Å². The molecular weight excluding hydrogens is 446 g/mol. The second-order valence-corrected chi connectivity index (χ2v) is 9.53. The van der Waals surface area contributed by atoms with E-state index in [1.807, 2.05) is 0 Å². The Hall–Kier alpha value is -3.40. The summed E-state index contributed by atoms with van der Waals surface area (Å²) in [5.41, 5.74) is 0.190. The van der Waals surface area contributed by atoms with Gasteiger partial charge in [0.05, 0.1) is 12.0 Å².